The smallest absolute Gasteiger partial charge is 0.306 e. The Hall–Kier alpha value is -0.530. The van der Waals surface area contributed by atoms with E-state index in [9.17, 15) is 4.79 Å². The summed E-state index contributed by atoms with van der Waals surface area (Å²) in [5, 5.41) is 0. The minimum absolute atomic E-state index is 0.0309. The van der Waals surface area contributed by atoms with Crippen molar-refractivity contribution in [1.29, 1.82) is 0 Å². The zero-order chi connectivity index (χ0) is 13.1. The summed E-state index contributed by atoms with van der Waals surface area (Å²) in [5.41, 5.74) is 0. The molecule has 0 aliphatic carbocycles. The van der Waals surface area contributed by atoms with Crippen LogP contribution in [-0.4, -0.2) is 12.6 Å². The van der Waals surface area contributed by atoms with E-state index in [0.717, 1.165) is 0 Å². The number of rotatable bonds is 10. The van der Waals surface area contributed by atoms with Gasteiger partial charge in [-0.1, -0.05) is 53.4 Å². The molecule has 2 heteroatoms. The quantitative estimate of drug-likeness (QED) is 0.414. The van der Waals surface area contributed by atoms with E-state index in [1.54, 1.807) is 0 Å². The number of ether oxygens (including phenoxy) is 1. The van der Waals surface area contributed by atoms with Crippen LogP contribution in [0.4, 0.5) is 0 Å². The second-order valence-electron chi connectivity index (χ2n) is 5.43. The molecule has 0 rings (SSSR count). The average Bonchev–Trinajstić information content (AvgIpc) is 2.25. The lowest BCUT2D eigenvalue weighted by Gasteiger charge is -2.16. The SMILES string of the molecule is CCCCCC(CCC)COC(=O)CC(C)C. The normalized spacial score (nSPS) is 12.8. The van der Waals surface area contributed by atoms with Crippen LogP contribution in [0.1, 0.15) is 72.6 Å². The van der Waals surface area contributed by atoms with E-state index in [0.29, 0.717) is 24.9 Å². The predicted molar refractivity (Wildman–Crippen MR) is 73.0 cm³/mol. The van der Waals surface area contributed by atoms with Crippen molar-refractivity contribution in [1.82, 2.24) is 0 Å². The van der Waals surface area contributed by atoms with Gasteiger partial charge in [0.15, 0.2) is 0 Å². The minimum atomic E-state index is -0.0309. The Morgan fingerprint density at radius 3 is 2.29 bits per heavy atom. The van der Waals surface area contributed by atoms with Crippen LogP contribution in [0.3, 0.4) is 0 Å². The minimum Gasteiger partial charge on any atom is -0.465 e. The number of carbonyl (C=O) groups excluding carboxylic acids is 1. The molecule has 0 spiro atoms. The summed E-state index contributed by atoms with van der Waals surface area (Å²) in [6.07, 6.45) is 7.93. The van der Waals surface area contributed by atoms with Crippen LogP contribution < -0.4 is 0 Å². The molecule has 0 aromatic carbocycles. The van der Waals surface area contributed by atoms with Crippen molar-refractivity contribution in [3.8, 4) is 0 Å². The molecule has 102 valence electrons. The van der Waals surface area contributed by atoms with E-state index >= 15 is 0 Å². The largest absolute Gasteiger partial charge is 0.465 e. The van der Waals surface area contributed by atoms with Gasteiger partial charge in [-0.2, -0.15) is 0 Å². The van der Waals surface area contributed by atoms with Crippen LogP contribution >= 0.6 is 0 Å². The molecule has 0 aromatic rings. The number of unbranched alkanes of at least 4 members (excludes halogenated alkanes) is 2. The van der Waals surface area contributed by atoms with Gasteiger partial charge < -0.3 is 4.74 Å². The third-order valence-corrected chi connectivity index (χ3v) is 2.97. The number of carbonyl (C=O) groups is 1. The molecule has 2 nitrogen and oxygen atoms in total. The molecule has 0 saturated heterocycles. The van der Waals surface area contributed by atoms with Crippen molar-refractivity contribution < 1.29 is 9.53 Å². The predicted octanol–water partition coefficient (Wildman–Crippen LogP) is 4.57. The fraction of sp³-hybridized carbons (Fsp3) is 0.933. The standard InChI is InChI=1S/C15H30O2/c1-5-7-8-10-14(9-6-2)12-17-15(16)11-13(3)4/h13-14H,5-12H2,1-4H3. The van der Waals surface area contributed by atoms with Crippen LogP contribution in [0.5, 0.6) is 0 Å². The highest BCUT2D eigenvalue weighted by Gasteiger charge is 2.12. The van der Waals surface area contributed by atoms with Crippen molar-refractivity contribution in [2.24, 2.45) is 11.8 Å². The summed E-state index contributed by atoms with van der Waals surface area (Å²) >= 11 is 0. The molecule has 1 atom stereocenters. The Labute approximate surface area is 107 Å². The third-order valence-electron chi connectivity index (χ3n) is 2.97. The number of hydrogen-bond acceptors (Lipinski definition) is 2. The molecule has 0 N–H and O–H groups in total. The Kier molecular flexibility index (Phi) is 10.3. The fourth-order valence-electron chi connectivity index (χ4n) is 2.01. The number of hydrogen-bond donors (Lipinski definition) is 0. The zero-order valence-electron chi connectivity index (χ0n) is 12.1. The molecule has 0 fully saturated rings. The highest BCUT2D eigenvalue weighted by molar-refractivity contribution is 5.69. The maximum Gasteiger partial charge on any atom is 0.306 e. The van der Waals surface area contributed by atoms with Crippen molar-refractivity contribution in [3.63, 3.8) is 0 Å². The van der Waals surface area contributed by atoms with Crippen molar-refractivity contribution in [3.05, 3.63) is 0 Å². The summed E-state index contributed by atoms with van der Waals surface area (Å²) in [6, 6.07) is 0. The van der Waals surface area contributed by atoms with E-state index in [4.69, 9.17) is 4.74 Å². The van der Waals surface area contributed by atoms with E-state index < -0.39 is 0 Å². The van der Waals surface area contributed by atoms with E-state index in [-0.39, 0.29) is 5.97 Å². The van der Waals surface area contributed by atoms with Gasteiger partial charge in [-0.3, -0.25) is 4.79 Å². The summed E-state index contributed by atoms with van der Waals surface area (Å²) < 4.78 is 5.36. The lowest BCUT2D eigenvalue weighted by atomic mass is 9.97. The molecule has 17 heavy (non-hydrogen) atoms. The van der Waals surface area contributed by atoms with Gasteiger partial charge in [0.25, 0.3) is 0 Å². The number of esters is 1. The molecule has 0 saturated carbocycles. The van der Waals surface area contributed by atoms with Gasteiger partial charge >= 0.3 is 5.97 Å². The summed E-state index contributed by atoms with van der Waals surface area (Å²) in [7, 11) is 0. The van der Waals surface area contributed by atoms with Gasteiger partial charge in [-0.05, 0) is 24.7 Å². The van der Waals surface area contributed by atoms with Crippen molar-refractivity contribution in [2.75, 3.05) is 6.61 Å². The van der Waals surface area contributed by atoms with Crippen LogP contribution in [0.25, 0.3) is 0 Å². The lowest BCUT2D eigenvalue weighted by Crippen LogP contribution is -2.15. The molecule has 0 aromatic heterocycles. The van der Waals surface area contributed by atoms with Crippen LogP contribution in [-0.2, 0) is 9.53 Å². The van der Waals surface area contributed by atoms with Crippen molar-refractivity contribution >= 4 is 5.97 Å². The van der Waals surface area contributed by atoms with Crippen LogP contribution in [0, 0.1) is 11.8 Å². The first-order chi connectivity index (χ1) is 8.10. The monoisotopic (exact) mass is 242 g/mol. The Balaban J connectivity index is 3.78. The molecule has 0 amide bonds. The van der Waals surface area contributed by atoms with E-state index in [1.165, 1.54) is 38.5 Å². The van der Waals surface area contributed by atoms with E-state index in [1.807, 2.05) is 13.8 Å². The molecule has 0 aliphatic heterocycles. The van der Waals surface area contributed by atoms with Gasteiger partial charge in [-0.15, -0.1) is 0 Å². The third kappa shape index (κ3) is 10.3. The zero-order valence-corrected chi connectivity index (χ0v) is 12.1. The van der Waals surface area contributed by atoms with Gasteiger partial charge in [0.1, 0.15) is 0 Å². The van der Waals surface area contributed by atoms with Gasteiger partial charge in [0.2, 0.25) is 0 Å². The summed E-state index contributed by atoms with van der Waals surface area (Å²) in [4.78, 5) is 11.5. The molecular formula is C15H30O2. The second-order valence-corrected chi connectivity index (χ2v) is 5.43. The highest BCUT2D eigenvalue weighted by atomic mass is 16.5. The first-order valence-corrected chi connectivity index (χ1v) is 7.25. The van der Waals surface area contributed by atoms with Crippen molar-refractivity contribution in [2.45, 2.75) is 72.6 Å². The molecule has 0 bridgehead atoms. The lowest BCUT2D eigenvalue weighted by molar-refractivity contribution is -0.146. The van der Waals surface area contributed by atoms with E-state index in [2.05, 4.69) is 13.8 Å². The van der Waals surface area contributed by atoms with Gasteiger partial charge in [0, 0.05) is 6.42 Å². The van der Waals surface area contributed by atoms with Crippen LogP contribution in [0.15, 0.2) is 0 Å². The highest BCUT2D eigenvalue weighted by Crippen LogP contribution is 2.16. The van der Waals surface area contributed by atoms with Gasteiger partial charge in [0.05, 0.1) is 6.61 Å². The molecule has 1 unspecified atom stereocenters. The second kappa shape index (κ2) is 10.6. The molecule has 0 heterocycles. The first kappa shape index (κ1) is 16.5. The maximum absolute atomic E-state index is 11.5. The summed E-state index contributed by atoms with van der Waals surface area (Å²) in [6.45, 7) is 9.14. The molecular weight excluding hydrogens is 212 g/mol. The Morgan fingerprint density at radius 1 is 1.06 bits per heavy atom. The molecule has 0 radical (unpaired) electrons. The summed E-state index contributed by atoms with van der Waals surface area (Å²) in [5.74, 6) is 0.937. The van der Waals surface area contributed by atoms with Crippen LogP contribution in [0.2, 0.25) is 0 Å². The first-order valence-electron chi connectivity index (χ1n) is 7.25. The van der Waals surface area contributed by atoms with Gasteiger partial charge in [-0.25, -0.2) is 0 Å². The molecule has 0 aliphatic rings. The average molecular weight is 242 g/mol. The fourth-order valence-corrected chi connectivity index (χ4v) is 2.01. The Morgan fingerprint density at radius 2 is 1.76 bits per heavy atom. The Bertz CT molecular complexity index is 187. The maximum atomic E-state index is 11.5. The topological polar surface area (TPSA) is 26.3 Å².